The average Bonchev–Trinajstić information content (AvgIpc) is 2.54. The maximum absolute atomic E-state index is 6.25. The van der Waals surface area contributed by atoms with Gasteiger partial charge in [-0.3, -0.25) is 0 Å². The number of hydrogen-bond acceptors (Lipinski definition) is 2. The highest BCUT2D eigenvalue weighted by molar-refractivity contribution is 6.30. The van der Waals surface area contributed by atoms with Crippen molar-refractivity contribution in [1.82, 2.24) is 0 Å². The standard InChI is InChI=1S/C20H18Cl2N2/c21-15-5-1-3-13(9-15)11-17-18(20(24)8-7-19(17)23)12-14-4-2-6-16(22)10-14/h1-10H,11-12,23-24H2. The SMILES string of the molecule is Nc1ccc(N)c(Cc2cccc(Cl)c2)c1Cc1cccc(Cl)c1. The van der Waals surface area contributed by atoms with Crippen molar-refractivity contribution in [2.75, 3.05) is 11.5 Å². The van der Waals surface area contributed by atoms with Gasteiger partial charge in [-0.25, -0.2) is 0 Å². The number of anilines is 2. The number of hydrogen-bond donors (Lipinski definition) is 2. The van der Waals surface area contributed by atoms with Crippen LogP contribution in [-0.4, -0.2) is 0 Å². The second kappa shape index (κ2) is 7.16. The Hall–Kier alpha value is -2.16. The third-order valence-electron chi connectivity index (χ3n) is 4.04. The predicted octanol–water partition coefficient (Wildman–Crippen LogP) is 5.34. The molecule has 0 aliphatic rings. The van der Waals surface area contributed by atoms with E-state index in [1.165, 1.54) is 0 Å². The van der Waals surface area contributed by atoms with Gasteiger partial charge in [0.2, 0.25) is 0 Å². The van der Waals surface area contributed by atoms with Crippen LogP contribution in [0.15, 0.2) is 60.7 Å². The van der Waals surface area contributed by atoms with Crippen molar-refractivity contribution in [3.63, 3.8) is 0 Å². The Bertz CT molecular complexity index is 803. The Morgan fingerprint density at radius 3 is 1.42 bits per heavy atom. The lowest BCUT2D eigenvalue weighted by Crippen LogP contribution is -2.06. The highest BCUT2D eigenvalue weighted by Crippen LogP contribution is 2.29. The van der Waals surface area contributed by atoms with E-state index in [4.69, 9.17) is 34.7 Å². The Morgan fingerprint density at radius 1 is 0.625 bits per heavy atom. The van der Waals surface area contributed by atoms with Crippen molar-refractivity contribution >= 4 is 34.6 Å². The first-order valence-electron chi connectivity index (χ1n) is 7.67. The summed E-state index contributed by atoms with van der Waals surface area (Å²) in [5.74, 6) is 0. The number of nitrogens with two attached hydrogens (primary N) is 2. The first-order valence-corrected chi connectivity index (χ1v) is 8.43. The zero-order valence-electron chi connectivity index (χ0n) is 13.1. The normalized spacial score (nSPS) is 10.8. The molecule has 0 fully saturated rings. The second-order valence-electron chi connectivity index (χ2n) is 5.81. The Kier molecular flexibility index (Phi) is 4.98. The summed E-state index contributed by atoms with van der Waals surface area (Å²) < 4.78 is 0. The fourth-order valence-electron chi connectivity index (χ4n) is 2.85. The van der Waals surface area contributed by atoms with Gasteiger partial charge in [0.25, 0.3) is 0 Å². The number of halogens is 2. The Labute approximate surface area is 152 Å². The first-order chi connectivity index (χ1) is 11.5. The molecule has 0 atom stereocenters. The quantitative estimate of drug-likeness (QED) is 0.619. The van der Waals surface area contributed by atoms with Gasteiger partial charge in [0.15, 0.2) is 0 Å². The van der Waals surface area contributed by atoms with Gasteiger partial charge in [0, 0.05) is 21.4 Å². The summed E-state index contributed by atoms with van der Waals surface area (Å²) in [6, 6.07) is 19.3. The van der Waals surface area contributed by atoms with E-state index in [1.807, 2.05) is 60.7 Å². The molecule has 0 aliphatic heterocycles. The second-order valence-corrected chi connectivity index (χ2v) is 6.69. The predicted molar refractivity (Wildman–Crippen MR) is 104 cm³/mol. The van der Waals surface area contributed by atoms with E-state index >= 15 is 0 Å². The van der Waals surface area contributed by atoms with Gasteiger partial charge in [-0.2, -0.15) is 0 Å². The highest BCUT2D eigenvalue weighted by Gasteiger charge is 2.12. The molecule has 122 valence electrons. The van der Waals surface area contributed by atoms with Gasteiger partial charge in [0.1, 0.15) is 0 Å². The van der Waals surface area contributed by atoms with Crippen LogP contribution in [0.4, 0.5) is 11.4 Å². The molecule has 24 heavy (non-hydrogen) atoms. The molecule has 0 unspecified atom stereocenters. The van der Waals surface area contributed by atoms with Crippen molar-refractivity contribution in [3.05, 3.63) is 93.0 Å². The first kappa shape index (κ1) is 16.7. The fraction of sp³-hybridized carbons (Fsp3) is 0.100. The minimum Gasteiger partial charge on any atom is -0.398 e. The van der Waals surface area contributed by atoms with E-state index in [1.54, 1.807) is 0 Å². The summed E-state index contributed by atoms with van der Waals surface area (Å²) in [4.78, 5) is 0. The smallest absolute Gasteiger partial charge is 0.0408 e. The third-order valence-corrected chi connectivity index (χ3v) is 4.51. The van der Waals surface area contributed by atoms with E-state index in [2.05, 4.69) is 0 Å². The number of rotatable bonds is 4. The lowest BCUT2D eigenvalue weighted by molar-refractivity contribution is 1.10. The van der Waals surface area contributed by atoms with Crippen LogP contribution in [0.1, 0.15) is 22.3 Å². The Balaban J connectivity index is 2.00. The van der Waals surface area contributed by atoms with Crippen LogP contribution in [-0.2, 0) is 12.8 Å². The van der Waals surface area contributed by atoms with Gasteiger partial charge in [-0.05, 0) is 71.5 Å². The highest BCUT2D eigenvalue weighted by atomic mass is 35.5. The van der Waals surface area contributed by atoms with E-state index in [0.717, 1.165) is 33.6 Å². The van der Waals surface area contributed by atoms with E-state index in [-0.39, 0.29) is 0 Å². The fourth-order valence-corrected chi connectivity index (χ4v) is 3.27. The molecule has 4 N–H and O–H groups in total. The summed E-state index contributed by atoms with van der Waals surface area (Å²) >= 11 is 12.2. The van der Waals surface area contributed by atoms with Crippen LogP contribution in [0.25, 0.3) is 0 Å². The largest absolute Gasteiger partial charge is 0.398 e. The van der Waals surface area contributed by atoms with Gasteiger partial charge in [0.05, 0.1) is 0 Å². The van der Waals surface area contributed by atoms with E-state index in [0.29, 0.717) is 22.9 Å². The molecule has 0 aliphatic carbocycles. The van der Waals surface area contributed by atoms with Crippen molar-refractivity contribution in [2.45, 2.75) is 12.8 Å². The van der Waals surface area contributed by atoms with Crippen LogP contribution in [0.5, 0.6) is 0 Å². The molecule has 0 saturated carbocycles. The zero-order chi connectivity index (χ0) is 17.1. The number of benzene rings is 3. The minimum absolute atomic E-state index is 0.688. The zero-order valence-corrected chi connectivity index (χ0v) is 14.6. The average molecular weight is 357 g/mol. The molecule has 4 heteroatoms. The lowest BCUT2D eigenvalue weighted by atomic mass is 9.92. The third kappa shape index (κ3) is 3.84. The molecule has 3 rings (SSSR count). The van der Waals surface area contributed by atoms with Crippen LogP contribution in [0.3, 0.4) is 0 Å². The van der Waals surface area contributed by atoms with Crippen LogP contribution >= 0.6 is 23.2 Å². The van der Waals surface area contributed by atoms with Crippen molar-refractivity contribution in [3.8, 4) is 0 Å². The summed E-state index contributed by atoms with van der Waals surface area (Å²) in [5.41, 5.74) is 18.3. The summed E-state index contributed by atoms with van der Waals surface area (Å²) in [6.07, 6.45) is 1.38. The monoisotopic (exact) mass is 356 g/mol. The van der Waals surface area contributed by atoms with Crippen LogP contribution in [0, 0.1) is 0 Å². The maximum atomic E-state index is 6.25. The molecule has 0 spiro atoms. The summed E-state index contributed by atoms with van der Waals surface area (Å²) in [5, 5.41) is 1.43. The van der Waals surface area contributed by atoms with Crippen LogP contribution < -0.4 is 11.5 Å². The molecule has 0 bridgehead atoms. The molecule has 2 nitrogen and oxygen atoms in total. The lowest BCUT2D eigenvalue weighted by Gasteiger charge is -2.16. The van der Waals surface area contributed by atoms with Crippen LogP contribution in [0.2, 0.25) is 10.0 Å². The van der Waals surface area contributed by atoms with Gasteiger partial charge in [-0.15, -0.1) is 0 Å². The molecule has 0 amide bonds. The van der Waals surface area contributed by atoms with Crippen molar-refractivity contribution in [2.24, 2.45) is 0 Å². The molecule has 0 saturated heterocycles. The molecular formula is C20H18Cl2N2. The van der Waals surface area contributed by atoms with E-state index in [9.17, 15) is 0 Å². The molecule has 0 heterocycles. The minimum atomic E-state index is 0.688. The van der Waals surface area contributed by atoms with Gasteiger partial charge >= 0.3 is 0 Å². The molecular weight excluding hydrogens is 339 g/mol. The molecule has 3 aromatic carbocycles. The maximum Gasteiger partial charge on any atom is 0.0408 e. The van der Waals surface area contributed by atoms with Gasteiger partial charge < -0.3 is 11.5 Å². The molecule has 0 aromatic heterocycles. The topological polar surface area (TPSA) is 52.0 Å². The van der Waals surface area contributed by atoms with Crippen molar-refractivity contribution in [1.29, 1.82) is 0 Å². The van der Waals surface area contributed by atoms with Crippen molar-refractivity contribution < 1.29 is 0 Å². The Morgan fingerprint density at radius 2 is 1.04 bits per heavy atom. The molecule has 0 radical (unpaired) electrons. The summed E-state index contributed by atoms with van der Waals surface area (Å²) in [6.45, 7) is 0. The summed E-state index contributed by atoms with van der Waals surface area (Å²) in [7, 11) is 0. The molecule has 3 aromatic rings. The number of nitrogen functional groups attached to an aromatic ring is 2. The van der Waals surface area contributed by atoms with Gasteiger partial charge in [-0.1, -0.05) is 47.5 Å². The van der Waals surface area contributed by atoms with E-state index < -0.39 is 0 Å².